The van der Waals surface area contributed by atoms with E-state index in [2.05, 4.69) is 32.7 Å². The molecule has 0 saturated carbocycles. The van der Waals surface area contributed by atoms with Crippen molar-refractivity contribution in [1.29, 1.82) is 0 Å². The fraction of sp³-hybridized carbons (Fsp3) is 0.312. The number of carbonyl (C=O) groups excluding carboxylic acids is 1. The van der Waals surface area contributed by atoms with Gasteiger partial charge in [0.05, 0.1) is 12.2 Å². The van der Waals surface area contributed by atoms with Crippen molar-refractivity contribution in [3.8, 4) is 0 Å². The molecular weight excluding hydrogens is 308 g/mol. The molecule has 0 fully saturated rings. The molecule has 0 aliphatic carbocycles. The van der Waals surface area contributed by atoms with Crippen molar-refractivity contribution < 1.29 is 9.53 Å². The molecule has 0 aliphatic heterocycles. The molecule has 0 atom stereocenters. The van der Waals surface area contributed by atoms with Gasteiger partial charge in [-0.25, -0.2) is 9.78 Å². The SMILES string of the molecule is CCCCOC(=O)c1ccc(Nc2cc(C)nc3nnnn23)cc1. The van der Waals surface area contributed by atoms with Crippen molar-refractivity contribution in [3.05, 3.63) is 41.6 Å². The van der Waals surface area contributed by atoms with Crippen LogP contribution in [0.1, 0.15) is 35.8 Å². The summed E-state index contributed by atoms with van der Waals surface area (Å²) in [6.45, 7) is 4.37. The lowest BCUT2D eigenvalue weighted by molar-refractivity contribution is 0.0500. The Morgan fingerprint density at radius 2 is 2.08 bits per heavy atom. The Bertz CT molecular complexity index is 843. The number of benzene rings is 1. The number of ether oxygens (including phenoxy) is 1. The van der Waals surface area contributed by atoms with Crippen LogP contribution in [0.3, 0.4) is 0 Å². The van der Waals surface area contributed by atoms with Crippen LogP contribution in [0, 0.1) is 6.92 Å². The van der Waals surface area contributed by atoms with E-state index in [1.807, 2.05) is 25.1 Å². The number of unbranched alkanes of at least 4 members (excludes halogenated alkanes) is 1. The number of hydrogen-bond donors (Lipinski definition) is 1. The minimum atomic E-state index is -0.308. The second-order valence-electron chi connectivity index (χ2n) is 5.37. The Kier molecular flexibility index (Phi) is 4.64. The molecular formula is C16H18N6O2. The van der Waals surface area contributed by atoms with Gasteiger partial charge in [0.15, 0.2) is 0 Å². The maximum Gasteiger partial charge on any atom is 0.338 e. The summed E-state index contributed by atoms with van der Waals surface area (Å²) in [7, 11) is 0. The summed E-state index contributed by atoms with van der Waals surface area (Å²) in [5.41, 5.74) is 2.13. The number of fused-ring (bicyclic) bond motifs is 1. The van der Waals surface area contributed by atoms with Crippen molar-refractivity contribution >= 4 is 23.3 Å². The minimum Gasteiger partial charge on any atom is -0.462 e. The highest BCUT2D eigenvalue weighted by Gasteiger charge is 2.09. The molecule has 2 aromatic heterocycles. The van der Waals surface area contributed by atoms with Crippen LogP contribution in [-0.4, -0.2) is 37.6 Å². The third-order valence-electron chi connectivity index (χ3n) is 3.43. The number of hydrogen-bond acceptors (Lipinski definition) is 7. The molecule has 8 heteroatoms. The summed E-state index contributed by atoms with van der Waals surface area (Å²) < 4.78 is 6.71. The number of nitrogens with one attached hydrogen (secondary N) is 1. The van der Waals surface area contributed by atoms with E-state index in [1.165, 1.54) is 4.52 Å². The molecule has 1 aromatic carbocycles. The highest BCUT2D eigenvalue weighted by atomic mass is 16.5. The van der Waals surface area contributed by atoms with Crippen LogP contribution in [0.15, 0.2) is 30.3 Å². The molecule has 2 heterocycles. The topological polar surface area (TPSA) is 94.3 Å². The Hall–Kier alpha value is -3.03. The number of aromatic nitrogens is 5. The van der Waals surface area contributed by atoms with Crippen LogP contribution < -0.4 is 5.32 Å². The van der Waals surface area contributed by atoms with Crippen LogP contribution >= 0.6 is 0 Å². The number of aryl methyl sites for hydroxylation is 1. The molecule has 24 heavy (non-hydrogen) atoms. The van der Waals surface area contributed by atoms with Crippen LogP contribution in [0.5, 0.6) is 0 Å². The van der Waals surface area contributed by atoms with Gasteiger partial charge < -0.3 is 10.1 Å². The summed E-state index contributed by atoms with van der Waals surface area (Å²) in [4.78, 5) is 16.1. The fourth-order valence-corrected chi connectivity index (χ4v) is 2.18. The highest BCUT2D eigenvalue weighted by molar-refractivity contribution is 5.89. The number of tetrazole rings is 1. The molecule has 0 unspecified atom stereocenters. The van der Waals surface area contributed by atoms with Gasteiger partial charge in [-0.05, 0) is 48.0 Å². The third-order valence-corrected chi connectivity index (χ3v) is 3.43. The molecule has 0 aliphatic rings. The van der Waals surface area contributed by atoms with E-state index < -0.39 is 0 Å². The predicted octanol–water partition coefficient (Wildman–Crippen LogP) is 2.53. The van der Waals surface area contributed by atoms with E-state index in [-0.39, 0.29) is 5.97 Å². The smallest absolute Gasteiger partial charge is 0.338 e. The second-order valence-corrected chi connectivity index (χ2v) is 5.37. The van der Waals surface area contributed by atoms with Gasteiger partial charge >= 0.3 is 5.97 Å². The monoisotopic (exact) mass is 326 g/mol. The van der Waals surface area contributed by atoms with E-state index in [1.54, 1.807) is 12.1 Å². The maximum atomic E-state index is 11.9. The zero-order valence-electron chi connectivity index (χ0n) is 13.6. The summed E-state index contributed by atoms with van der Waals surface area (Å²) >= 11 is 0. The zero-order chi connectivity index (χ0) is 16.9. The number of anilines is 2. The van der Waals surface area contributed by atoms with Crippen LogP contribution in [0.25, 0.3) is 5.78 Å². The van der Waals surface area contributed by atoms with Crippen molar-refractivity contribution in [2.24, 2.45) is 0 Å². The highest BCUT2D eigenvalue weighted by Crippen LogP contribution is 2.18. The molecule has 0 radical (unpaired) electrons. The van der Waals surface area contributed by atoms with Gasteiger partial charge in [0.1, 0.15) is 5.82 Å². The van der Waals surface area contributed by atoms with Crippen LogP contribution in [-0.2, 0) is 4.74 Å². The molecule has 0 bridgehead atoms. The number of esters is 1. The van der Waals surface area contributed by atoms with Gasteiger partial charge in [0.2, 0.25) is 0 Å². The normalized spacial score (nSPS) is 10.8. The lowest BCUT2D eigenvalue weighted by Crippen LogP contribution is -2.06. The largest absolute Gasteiger partial charge is 0.462 e. The fourth-order valence-electron chi connectivity index (χ4n) is 2.18. The first-order valence-corrected chi connectivity index (χ1v) is 7.77. The van der Waals surface area contributed by atoms with E-state index in [9.17, 15) is 4.79 Å². The van der Waals surface area contributed by atoms with Gasteiger partial charge in [0.25, 0.3) is 5.78 Å². The number of carbonyl (C=O) groups is 1. The van der Waals surface area contributed by atoms with Crippen LogP contribution in [0.4, 0.5) is 11.5 Å². The first-order chi connectivity index (χ1) is 11.7. The number of rotatable bonds is 6. The van der Waals surface area contributed by atoms with Gasteiger partial charge in [-0.15, -0.1) is 0 Å². The maximum absolute atomic E-state index is 11.9. The Balaban J connectivity index is 1.74. The summed E-state index contributed by atoms with van der Waals surface area (Å²) in [5.74, 6) is 0.812. The van der Waals surface area contributed by atoms with Crippen molar-refractivity contribution in [2.45, 2.75) is 26.7 Å². The molecule has 3 rings (SSSR count). The predicted molar refractivity (Wildman–Crippen MR) is 88.2 cm³/mol. The molecule has 0 spiro atoms. The standard InChI is InChI=1S/C16H18N6O2/c1-3-4-9-24-15(23)12-5-7-13(8-6-12)18-14-10-11(2)17-16-19-20-21-22(14)16/h5-8,10,18H,3-4,9H2,1-2H3. The van der Waals surface area contributed by atoms with Gasteiger partial charge in [0, 0.05) is 17.4 Å². The quantitative estimate of drug-likeness (QED) is 0.549. The lowest BCUT2D eigenvalue weighted by atomic mass is 10.2. The first kappa shape index (κ1) is 15.9. The Morgan fingerprint density at radius 1 is 1.29 bits per heavy atom. The number of nitrogens with zero attached hydrogens (tertiary/aromatic N) is 5. The van der Waals surface area contributed by atoms with Crippen molar-refractivity contribution in [3.63, 3.8) is 0 Å². The average Bonchev–Trinajstić information content (AvgIpc) is 3.04. The molecule has 0 amide bonds. The average molecular weight is 326 g/mol. The van der Waals surface area contributed by atoms with E-state index in [0.29, 0.717) is 23.8 Å². The first-order valence-electron chi connectivity index (χ1n) is 7.77. The summed E-state index contributed by atoms with van der Waals surface area (Å²) in [5, 5.41) is 14.6. The molecule has 0 saturated heterocycles. The van der Waals surface area contributed by atoms with E-state index in [0.717, 1.165) is 24.2 Å². The molecule has 1 N–H and O–H groups in total. The zero-order valence-corrected chi connectivity index (χ0v) is 13.6. The van der Waals surface area contributed by atoms with E-state index >= 15 is 0 Å². The third kappa shape index (κ3) is 3.48. The summed E-state index contributed by atoms with van der Waals surface area (Å²) in [6.07, 6.45) is 1.86. The Labute approximate surface area is 138 Å². The van der Waals surface area contributed by atoms with Gasteiger partial charge in [-0.3, -0.25) is 0 Å². The van der Waals surface area contributed by atoms with Crippen molar-refractivity contribution in [2.75, 3.05) is 11.9 Å². The molecule has 8 nitrogen and oxygen atoms in total. The molecule has 124 valence electrons. The second kappa shape index (κ2) is 7.03. The molecule has 3 aromatic rings. The minimum absolute atomic E-state index is 0.308. The van der Waals surface area contributed by atoms with Crippen LogP contribution in [0.2, 0.25) is 0 Å². The van der Waals surface area contributed by atoms with E-state index in [4.69, 9.17) is 4.74 Å². The van der Waals surface area contributed by atoms with Gasteiger partial charge in [-0.2, -0.15) is 4.52 Å². The van der Waals surface area contributed by atoms with Crippen molar-refractivity contribution in [1.82, 2.24) is 25.0 Å². The lowest BCUT2D eigenvalue weighted by Gasteiger charge is -2.09. The van der Waals surface area contributed by atoms with Gasteiger partial charge in [-0.1, -0.05) is 18.4 Å². The summed E-state index contributed by atoms with van der Waals surface area (Å²) in [6, 6.07) is 8.91. The Morgan fingerprint density at radius 3 is 2.83 bits per heavy atom.